The van der Waals surface area contributed by atoms with Crippen LogP contribution in [0.4, 0.5) is 4.79 Å². The van der Waals surface area contributed by atoms with E-state index in [0.29, 0.717) is 39.0 Å². The van der Waals surface area contributed by atoms with Crippen molar-refractivity contribution >= 4 is 18.0 Å². The van der Waals surface area contributed by atoms with Crippen LogP contribution >= 0.6 is 0 Å². The van der Waals surface area contributed by atoms with Gasteiger partial charge >= 0.3 is 12.1 Å². The number of nitrogens with zero attached hydrogens (tertiary/aromatic N) is 1. The van der Waals surface area contributed by atoms with E-state index in [4.69, 9.17) is 4.74 Å². The number of likely N-dealkylation sites (tertiary alicyclic amines) is 1. The van der Waals surface area contributed by atoms with Crippen molar-refractivity contribution in [3.63, 3.8) is 0 Å². The van der Waals surface area contributed by atoms with Crippen molar-refractivity contribution < 1.29 is 24.2 Å². The molecule has 0 spiro atoms. The summed E-state index contributed by atoms with van der Waals surface area (Å²) >= 11 is 0. The van der Waals surface area contributed by atoms with Gasteiger partial charge in [0.25, 0.3) is 0 Å². The lowest BCUT2D eigenvalue weighted by atomic mass is 9.90. The summed E-state index contributed by atoms with van der Waals surface area (Å²) in [5, 5.41) is 12.1. The number of hydrogen-bond acceptors (Lipinski definition) is 4. The molecular formula is C28H34N2O5. The van der Waals surface area contributed by atoms with E-state index in [2.05, 4.69) is 29.6 Å². The van der Waals surface area contributed by atoms with E-state index >= 15 is 0 Å². The summed E-state index contributed by atoms with van der Waals surface area (Å²) in [6, 6.07) is 16.2. The van der Waals surface area contributed by atoms with Gasteiger partial charge in [0, 0.05) is 31.5 Å². The molecule has 1 aliphatic carbocycles. The Morgan fingerprint density at radius 1 is 1.00 bits per heavy atom. The largest absolute Gasteiger partial charge is 0.481 e. The fourth-order valence-electron chi connectivity index (χ4n) is 5.39. The molecule has 186 valence electrons. The standard InChI is InChI=1S/C28H34N2O5/c1-19-20(27(32)33)14-9-17-30(19)26(31)15-3-2-8-16-29-28(34)35-18-25-23-12-6-4-10-21(23)22-11-5-7-13-24(22)25/h4-7,10-13,19-20,25H,2-3,8-9,14-18H2,1H3,(H,29,34)(H,32,33)/t19-,20-/m0/s1. The van der Waals surface area contributed by atoms with Gasteiger partial charge in [-0.3, -0.25) is 9.59 Å². The van der Waals surface area contributed by atoms with Gasteiger partial charge in [-0.25, -0.2) is 4.79 Å². The summed E-state index contributed by atoms with van der Waals surface area (Å²) in [6.45, 7) is 3.24. The van der Waals surface area contributed by atoms with E-state index in [9.17, 15) is 19.5 Å². The van der Waals surface area contributed by atoms with Gasteiger partial charge in [-0.15, -0.1) is 0 Å². The smallest absolute Gasteiger partial charge is 0.407 e. The summed E-state index contributed by atoms with van der Waals surface area (Å²) in [5.41, 5.74) is 4.76. The van der Waals surface area contributed by atoms with E-state index in [0.717, 1.165) is 19.3 Å². The molecule has 4 rings (SSSR count). The van der Waals surface area contributed by atoms with E-state index in [1.165, 1.54) is 22.3 Å². The molecule has 0 bridgehead atoms. The second kappa shape index (κ2) is 11.4. The number of unbranched alkanes of at least 4 members (excludes halogenated alkanes) is 2. The molecule has 0 aromatic heterocycles. The van der Waals surface area contributed by atoms with Gasteiger partial charge in [-0.1, -0.05) is 55.0 Å². The third-order valence-corrected chi connectivity index (χ3v) is 7.31. The summed E-state index contributed by atoms with van der Waals surface area (Å²) < 4.78 is 5.55. The van der Waals surface area contributed by atoms with Gasteiger partial charge in [0.05, 0.1) is 5.92 Å². The molecule has 0 saturated carbocycles. The number of piperidine rings is 1. The predicted octanol–water partition coefficient (Wildman–Crippen LogP) is 4.80. The fraction of sp³-hybridized carbons (Fsp3) is 0.464. The summed E-state index contributed by atoms with van der Waals surface area (Å²) in [7, 11) is 0. The molecule has 0 radical (unpaired) electrons. The summed E-state index contributed by atoms with van der Waals surface area (Å²) in [4.78, 5) is 37.9. The second-order valence-corrected chi connectivity index (χ2v) is 9.48. The first-order valence-electron chi connectivity index (χ1n) is 12.6. The zero-order valence-corrected chi connectivity index (χ0v) is 20.2. The summed E-state index contributed by atoms with van der Waals surface area (Å²) in [5.74, 6) is -1.24. The zero-order valence-electron chi connectivity index (χ0n) is 20.2. The maximum Gasteiger partial charge on any atom is 0.407 e. The van der Waals surface area contributed by atoms with Crippen LogP contribution in [0.1, 0.15) is 62.5 Å². The number of amides is 2. The SMILES string of the molecule is C[C@H]1[C@@H](C(=O)O)CCCN1C(=O)CCCCCNC(=O)OCC1c2ccccc2-c2ccccc21. The molecule has 2 atom stereocenters. The quantitative estimate of drug-likeness (QED) is 0.505. The van der Waals surface area contributed by atoms with E-state index in [1.807, 2.05) is 31.2 Å². The number of alkyl carbamates (subject to hydrolysis) is 1. The van der Waals surface area contributed by atoms with Crippen molar-refractivity contribution in [2.45, 2.75) is 57.4 Å². The van der Waals surface area contributed by atoms with Crippen molar-refractivity contribution in [1.82, 2.24) is 10.2 Å². The van der Waals surface area contributed by atoms with Gasteiger partial charge in [0.2, 0.25) is 5.91 Å². The number of carboxylic acid groups (broad SMARTS) is 1. The molecule has 2 aromatic rings. The molecule has 1 fully saturated rings. The number of aliphatic carboxylic acids is 1. The number of rotatable bonds is 9. The lowest BCUT2D eigenvalue weighted by Crippen LogP contribution is -2.49. The first kappa shape index (κ1) is 24.8. The lowest BCUT2D eigenvalue weighted by molar-refractivity contribution is -0.149. The van der Waals surface area contributed by atoms with Gasteiger partial charge in [-0.05, 0) is 54.9 Å². The molecule has 2 aromatic carbocycles. The van der Waals surface area contributed by atoms with Gasteiger partial charge in [-0.2, -0.15) is 0 Å². The molecule has 2 aliphatic rings. The van der Waals surface area contributed by atoms with Crippen LogP contribution in [0.25, 0.3) is 11.1 Å². The molecule has 35 heavy (non-hydrogen) atoms. The molecule has 7 nitrogen and oxygen atoms in total. The molecule has 1 heterocycles. The number of nitrogens with one attached hydrogen (secondary N) is 1. The van der Waals surface area contributed by atoms with Crippen molar-refractivity contribution in [2.24, 2.45) is 5.92 Å². The minimum atomic E-state index is -0.825. The normalized spacial score (nSPS) is 19.1. The monoisotopic (exact) mass is 478 g/mol. The van der Waals surface area contributed by atoms with Crippen LogP contribution < -0.4 is 5.32 Å². The Morgan fingerprint density at radius 2 is 1.66 bits per heavy atom. The third-order valence-electron chi connectivity index (χ3n) is 7.31. The Morgan fingerprint density at radius 3 is 2.31 bits per heavy atom. The highest BCUT2D eigenvalue weighted by molar-refractivity contribution is 5.79. The number of carbonyl (C=O) groups excluding carboxylic acids is 2. The van der Waals surface area contributed by atoms with E-state index < -0.39 is 18.0 Å². The Bertz CT molecular complexity index is 1020. The van der Waals surface area contributed by atoms with E-state index in [-0.39, 0.29) is 17.9 Å². The van der Waals surface area contributed by atoms with Crippen LogP contribution in [0, 0.1) is 5.92 Å². The molecule has 7 heteroatoms. The Labute approximate surface area is 206 Å². The highest BCUT2D eigenvalue weighted by Gasteiger charge is 2.35. The molecular weight excluding hydrogens is 444 g/mol. The molecule has 2 N–H and O–H groups in total. The number of carbonyl (C=O) groups is 3. The number of benzene rings is 2. The zero-order chi connectivity index (χ0) is 24.8. The Hall–Kier alpha value is -3.35. The van der Waals surface area contributed by atoms with Crippen LogP contribution in [0.3, 0.4) is 0 Å². The number of carboxylic acids is 1. The summed E-state index contributed by atoms with van der Waals surface area (Å²) in [6.07, 6.45) is 3.61. The third kappa shape index (κ3) is 5.66. The van der Waals surface area contributed by atoms with Gasteiger partial charge in [0.15, 0.2) is 0 Å². The van der Waals surface area contributed by atoms with Crippen LogP contribution in [-0.4, -0.2) is 53.7 Å². The van der Waals surface area contributed by atoms with Crippen molar-refractivity contribution in [2.75, 3.05) is 19.7 Å². The molecule has 0 unspecified atom stereocenters. The van der Waals surface area contributed by atoms with Gasteiger partial charge in [0.1, 0.15) is 6.61 Å². The molecule has 1 aliphatic heterocycles. The Kier molecular flexibility index (Phi) is 8.06. The second-order valence-electron chi connectivity index (χ2n) is 9.48. The Balaban J connectivity index is 1.14. The maximum absolute atomic E-state index is 12.5. The van der Waals surface area contributed by atoms with Crippen LogP contribution in [0.5, 0.6) is 0 Å². The maximum atomic E-state index is 12.5. The van der Waals surface area contributed by atoms with Crippen LogP contribution in [0.2, 0.25) is 0 Å². The average molecular weight is 479 g/mol. The number of ether oxygens (including phenoxy) is 1. The number of fused-ring (bicyclic) bond motifs is 3. The van der Waals surface area contributed by atoms with Crippen LogP contribution in [-0.2, 0) is 14.3 Å². The lowest BCUT2D eigenvalue weighted by Gasteiger charge is -2.37. The topological polar surface area (TPSA) is 95.9 Å². The highest BCUT2D eigenvalue weighted by atomic mass is 16.5. The van der Waals surface area contributed by atoms with Crippen molar-refractivity contribution in [3.05, 3.63) is 59.7 Å². The fourth-order valence-corrected chi connectivity index (χ4v) is 5.39. The molecule has 2 amide bonds. The number of hydrogen-bond donors (Lipinski definition) is 2. The average Bonchev–Trinajstić information content (AvgIpc) is 3.18. The minimum Gasteiger partial charge on any atom is -0.481 e. The van der Waals surface area contributed by atoms with E-state index in [1.54, 1.807) is 4.90 Å². The van der Waals surface area contributed by atoms with Crippen molar-refractivity contribution in [1.29, 1.82) is 0 Å². The van der Waals surface area contributed by atoms with Crippen LogP contribution in [0.15, 0.2) is 48.5 Å². The van der Waals surface area contributed by atoms with Crippen molar-refractivity contribution in [3.8, 4) is 11.1 Å². The first-order chi connectivity index (χ1) is 17.0. The first-order valence-corrected chi connectivity index (χ1v) is 12.6. The predicted molar refractivity (Wildman–Crippen MR) is 133 cm³/mol. The molecule has 1 saturated heterocycles. The van der Waals surface area contributed by atoms with Gasteiger partial charge < -0.3 is 20.1 Å². The minimum absolute atomic E-state index is 0.0212. The highest BCUT2D eigenvalue weighted by Crippen LogP contribution is 2.44.